The van der Waals surface area contributed by atoms with Gasteiger partial charge in [-0.2, -0.15) is 0 Å². The Morgan fingerprint density at radius 1 is 1.33 bits per heavy atom. The Morgan fingerprint density at radius 3 is 2.57 bits per heavy atom. The number of halogens is 1. The number of primary amides is 1. The lowest BCUT2D eigenvalue weighted by Crippen LogP contribution is -2.33. The quantitative estimate of drug-likeness (QED) is 0.873. The van der Waals surface area contributed by atoms with Gasteiger partial charge in [0.25, 0.3) is 0 Å². The second-order valence-electron chi connectivity index (χ2n) is 6.52. The zero-order valence-electron chi connectivity index (χ0n) is 12.7. The summed E-state index contributed by atoms with van der Waals surface area (Å²) in [5.74, 6) is -0.463. The number of amides is 1. The first kappa shape index (κ1) is 16.0. The van der Waals surface area contributed by atoms with E-state index in [0.29, 0.717) is 12.0 Å². The summed E-state index contributed by atoms with van der Waals surface area (Å²) < 4.78 is 13.4. The normalized spacial score (nSPS) is 19.2. The number of hydrogen-bond donors (Lipinski definition) is 2. The van der Waals surface area contributed by atoms with Crippen LogP contribution in [0.1, 0.15) is 62.1 Å². The molecule has 1 aromatic rings. The van der Waals surface area contributed by atoms with E-state index in [4.69, 9.17) is 11.5 Å². The number of hydrogen-bond acceptors (Lipinski definition) is 2. The fourth-order valence-electron chi connectivity index (χ4n) is 3.61. The van der Waals surface area contributed by atoms with Crippen molar-refractivity contribution in [3.05, 3.63) is 35.1 Å². The van der Waals surface area contributed by atoms with E-state index in [2.05, 4.69) is 0 Å². The molecule has 1 atom stereocenters. The topological polar surface area (TPSA) is 69.1 Å². The van der Waals surface area contributed by atoms with Crippen LogP contribution in [0.4, 0.5) is 4.39 Å². The molecule has 1 aliphatic carbocycles. The number of benzene rings is 1. The average Bonchev–Trinajstić information content (AvgIpc) is 2.41. The molecular formula is C17H25FN2O. The molecule has 0 saturated heterocycles. The smallest absolute Gasteiger partial charge is 0.217 e. The molecule has 4 N–H and O–H groups in total. The molecule has 1 saturated carbocycles. The van der Waals surface area contributed by atoms with Crippen molar-refractivity contribution >= 4 is 5.91 Å². The van der Waals surface area contributed by atoms with Crippen LogP contribution in [-0.4, -0.2) is 5.91 Å². The first-order valence-corrected chi connectivity index (χ1v) is 7.72. The fraction of sp³-hybridized carbons (Fsp3) is 0.588. The van der Waals surface area contributed by atoms with E-state index >= 15 is 0 Å². The molecule has 1 amide bonds. The highest BCUT2D eigenvalue weighted by molar-refractivity contribution is 5.74. The Labute approximate surface area is 125 Å². The summed E-state index contributed by atoms with van der Waals surface area (Å²) in [5, 5.41) is 0. The summed E-state index contributed by atoms with van der Waals surface area (Å²) in [6, 6.07) is 4.84. The molecule has 2 rings (SSSR count). The van der Waals surface area contributed by atoms with Gasteiger partial charge in [0.05, 0.1) is 0 Å². The average molecular weight is 292 g/mol. The highest BCUT2D eigenvalue weighted by atomic mass is 19.1. The van der Waals surface area contributed by atoms with Gasteiger partial charge in [0.15, 0.2) is 0 Å². The third kappa shape index (κ3) is 4.03. The number of aryl methyl sites for hydroxylation is 1. The third-order valence-electron chi connectivity index (χ3n) is 4.73. The molecule has 0 aliphatic heterocycles. The van der Waals surface area contributed by atoms with Crippen LogP contribution in [0.5, 0.6) is 0 Å². The van der Waals surface area contributed by atoms with Gasteiger partial charge in [-0.05, 0) is 48.8 Å². The monoisotopic (exact) mass is 292 g/mol. The zero-order chi connectivity index (χ0) is 15.5. The van der Waals surface area contributed by atoms with Crippen LogP contribution in [0.25, 0.3) is 0 Å². The van der Waals surface area contributed by atoms with Crippen molar-refractivity contribution in [2.24, 2.45) is 16.9 Å². The predicted molar refractivity (Wildman–Crippen MR) is 82.0 cm³/mol. The van der Waals surface area contributed by atoms with E-state index in [1.807, 2.05) is 0 Å². The second-order valence-corrected chi connectivity index (χ2v) is 6.52. The maximum atomic E-state index is 13.4. The zero-order valence-corrected chi connectivity index (χ0v) is 12.7. The van der Waals surface area contributed by atoms with Crippen LogP contribution < -0.4 is 11.5 Å². The van der Waals surface area contributed by atoms with Crippen LogP contribution in [0, 0.1) is 18.2 Å². The second kappa shape index (κ2) is 6.56. The van der Waals surface area contributed by atoms with Crippen LogP contribution in [0.15, 0.2) is 18.2 Å². The molecule has 4 heteroatoms. The summed E-state index contributed by atoms with van der Waals surface area (Å²) >= 11 is 0. The van der Waals surface area contributed by atoms with Crippen molar-refractivity contribution in [3.63, 3.8) is 0 Å². The lowest BCUT2D eigenvalue weighted by molar-refractivity contribution is -0.121. The summed E-state index contributed by atoms with van der Waals surface area (Å²) in [4.78, 5) is 11.4. The summed E-state index contributed by atoms with van der Waals surface area (Å²) in [6.07, 6.45) is 6.62. The molecule has 1 aliphatic rings. The van der Waals surface area contributed by atoms with Gasteiger partial charge in [-0.1, -0.05) is 31.4 Å². The minimum Gasteiger partial charge on any atom is -0.370 e. The Hall–Kier alpha value is -1.42. The predicted octanol–water partition coefficient (Wildman–Crippen LogP) is 3.35. The van der Waals surface area contributed by atoms with Crippen LogP contribution in [0.3, 0.4) is 0 Å². The lowest BCUT2D eigenvalue weighted by Gasteiger charge is -2.38. The van der Waals surface area contributed by atoms with Crippen molar-refractivity contribution in [2.45, 2.75) is 57.9 Å². The van der Waals surface area contributed by atoms with E-state index < -0.39 is 0 Å². The lowest BCUT2D eigenvalue weighted by atomic mass is 9.67. The van der Waals surface area contributed by atoms with Gasteiger partial charge in [0.2, 0.25) is 5.91 Å². The van der Waals surface area contributed by atoms with Crippen molar-refractivity contribution in [1.29, 1.82) is 0 Å². The van der Waals surface area contributed by atoms with Crippen molar-refractivity contribution in [2.75, 3.05) is 0 Å². The van der Waals surface area contributed by atoms with Gasteiger partial charge in [0, 0.05) is 12.5 Å². The minimum absolute atomic E-state index is 0.0776. The maximum absolute atomic E-state index is 13.4. The molecule has 0 bridgehead atoms. The molecule has 1 unspecified atom stereocenters. The van der Waals surface area contributed by atoms with Crippen molar-refractivity contribution in [3.8, 4) is 0 Å². The molecule has 1 aromatic carbocycles. The van der Waals surface area contributed by atoms with Gasteiger partial charge in [0.1, 0.15) is 5.82 Å². The fourth-order valence-corrected chi connectivity index (χ4v) is 3.61. The highest BCUT2D eigenvalue weighted by Gasteiger charge is 2.35. The maximum Gasteiger partial charge on any atom is 0.217 e. The van der Waals surface area contributed by atoms with E-state index in [1.165, 1.54) is 12.5 Å². The Balaban J connectivity index is 2.15. The third-order valence-corrected chi connectivity index (χ3v) is 4.73. The van der Waals surface area contributed by atoms with E-state index in [1.54, 1.807) is 19.1 Å². The number of carbonyl (C=O) groups is 1. The molecule has 0 radical (unpaired) electrons. The standard InChI is InChI=1S/C17H25FN2O/c1-12-9-13(5-6-14(12)18)15(19)10-17(11-16(20)21)7-3-2-4-8-17/h5-6,9,15H,2-4,7-8,10-11,19H2,1H3,(H2,20,21). The first-order chi connectivity index (χ1) is 9.92. The largest absolute Gasteiger partial charge is 0.370 e. The number of nitrogens with two attached hydrogens (primary N) is 2. The molecule has 1 fully saturated rings. The summed E-state index contributed by atoms with van der Waals surface area (Å²) in [7, 11) is 0. The summed E-state index contributed by atoms with van der Waals surface area (Å²) in [5.41, 5.74) is 13.2. The molecule has 0 aromatic heterocycles. The van der Waals surface area contributed by atoms with Crippen molar-refractivity contribution in [1.82, 2.24) is 0 Å². The first-order valence-electron chi connectivity index (χ1n) is 7.72. The van der Waals surface area contributed by atoms with Gasteiger partial charge in [-0.25, -0.2) is 4.39 Å². The van der Waals surface area contributed by atoms with E-state index in [9.17, 15) is 9.18 Å². The Kier molecular flexibility index (Phi) is 4.99. The van der Waals surface area contributed by atoms with E-state index in [-0.39, 0.29) is 23.2 Å². The Bertz CT molecular complexity index is 510. The van der Waals surface area contributed by atoms with Crippen LogP contribution in [-0.2, 0) is 4.79 Å². The molecular weight excluding hydrogens is 267 g/mol. The molecule has 0 heterocycles. The molecule has 3 nitrogen and oxygen atoms in total. The van der Waals surface area contributed by atoms with Gasteiger partial charge in [-0.3, -0.25) is 4.79 Å². The highest BCUT2D eigenvalue weighted by Crippen LogP contribution is 2.45. The molecule has 0 spiro atoms. The van der Waals surface area contributed by atoms with Crippen LogP contribution >= 0.6 is 0 Å². The number of rotatable bonds is 5. The van der Waals surface area contributed by atoms with Crippen molar-refractivity contribution < 1.29 is 9.18 Å². The SMILES string of the molecule is Cc1cc(C(N)CC2(CC(N)=O)CCCCC2)ccc1F. The molecule has 116 valence electrons. The Morgan fingerprint density at radius 2 is 2.00 bits per heavy atom. The van der Waals surface area contributed by atoms with Gasteiger partial charge >= 0.3 is 0 Å². The summed E-state index contributed by atoms with van der Waals surface area (Å²) in [6.45, 7) is 1.74. The van der Waals surface area contributed by atoms with Gasteiger partial charge < -0.3 is 11.5 Å². The van der Waals surface area contributed by atoms with Gasteiger partial charge in [-0.15, -0.1) is 0 Å². The van der Waals surface area contributed by atoms with Crippen LogP contribution in [0.2, 0.25) is 0 Å². The minimum atomic E-state index is -0.251. The molecule has 21 heavy (non-hydrogen) atoms. The number of carbonyl (C=O) groups excluding carboxylic acids is 1. The van der Waals surface area contributed by atoms with E-state index in [0.717, 1.165) is 37.7 Å².